The van der Waals surface area contributed by atoms with Gasteiger partial charge in [0.15, 0.2) is 0 Å². The number of halogens is 3. The van der Waals surface area contributed by atoms with E-state index in [0.29, 0.717) is 31.0 Å². The summed E-state index contributed by atoms with van der Waals surface area (Å²) < 4.78 is 40.4. The molecular weight excluding hydrogens is 333 g/mol. The van der Waals surface area contributed by atoms with Crippen LogP contribution in [0.1, 0.15) is 23.5 Å². The molecule has 2 unspecified atom stereocenters. The Labute approximate surface area is 143 Å². The van der Waals surface area contributed by atoms with E-state index in [-0.39, 0.29) is 0 Å². The summed E-state index contributed by atoms with van der Waals surface area (Å²) in [6, 6.07) is 3.76. The molecule has 0 amide bonds. The van der Waals surface area contributed by atoms with Crippen LogP contribution >= 0.6 is 0 Å². The van der Waals surface area contributed by atoms with Gasteiger partial charge in [0.2, 0.25) is 0 Å². The second kappa shape index (κ2) is 5.69. The lowest BCUT2D eigenvalue weighted by Gasteiger charge is -2.56. The Morgan fingerprint density at radius 2 is 1.88 bits per heavy atom. The van der Waals surface area contributed by atoms with Crippen LogP contribution in [-0.2, 0) is 19.8 Å². The summed E-state index contributed by atoms with van der Waals surface area (Å²) in [6.07, 6.45) is -2.38. The zero-order valence-electron chi connectivity index (χ0n) is 14.0. The van der Waals surface area contributed by atoms with Crippen molar-refractivity contribution in [1.29, 1.82) is 0 Å². The molecule has 3 saturated heterocycles. The van der Waals surface area contributed by atoms with E-state index in [9.17, 15) is 13.2 Å². The number of aryl methyl sites for hydroxylation is 2. The predicted molar refractivity (Wildman–Crippen MR) is 84.9 cm³/mol. The Balaban J connectivity index is 1.45. The summed E-state index contributed by atoms with van der Waals surface area (Å²) >= 11 is 0. The lowest BCUT2D eigenvalue weighted by molar-refractivity contribution is -0.141. The highest BCUT2D eigenvalue weighted by molar-refractivity contribution is 5.42. The first-order valence-corrected chi connectivity index (χ1v) is 8.20. The first-order valence-electron chi connectivity index (χ1n) is 8.20. The molecule has 3 aliphatic rings. The summed E-state index contributed by atoms with van der Waals surface area (Å²) in [5.41, 5.74) is 1.25. The van der Waals surface area contributed by atoms with E-state index in [1.165, 1.54) is 0 Å². The van der Waals surface area contributed by atoms with E-state index in [1.54, 1.807) is 0 Å². The lowest BCUT2D eigenvalue weighted by atomic mass is 9.87. The highest BCUT2D eigenvalue weighted by Crippen LogP contribution is 2.36. The zero-order valence-corrected chi connectivity index (χ0v) is 14.0. The fourth-order valence-electron chi connectivity index (χ4n) is 3.71. The van der Waals surface area contributed by atoms with Crippen LogP contribution in [0.4, 0.5) is 19.0 Å². The Morgan fingerprint density at radius 1 is 1.16 bits per heavy atom. The number of fused-ring (bicyclic) bond motifs is 2. The van der Waals surface area contributed by atoms with E-state index in [1.807, 2.05) is 23.6 Å². The third-order valence-corrected chi connectivity index (χ3v) is 5.12. The summed E-state index contributed by atoms with van der Waals surface area (Å²) in [5.74, 6) is 0.352. The lowest BCUT2D eigenvalue weighted by Crippen LogP contribution is -2.68. The van der Waals surface area contributed by atoms with Gasteiger partial charge in [0.25, 0.3) is 0 Å². The molecule has 0 spiro atoms. The number of piperazine rings is 1. The highest BCUT2D eigenvalue weighted by atomic mass is 19.4. The van der Waals surface area contributed by atoms with Gasteiger partial charge in [-0.05, 0) is 19.4 Å². The van der Waals surface area contributed by atoms with Crippen LogP contribution in [0, 0.1) is 6.92 Å². The molecule has 0 saturated carbocycles. The molecule has 0 N–H and O–H groups in total. The molecule has 9 heteroatoms. The average Bonchev–Trinajstić information content (AvgIpc) is 2.90. The number of rotatable bonds is 3. The largest absolute Gasteiger partial charge is 0.433 e. The van der Waals surface area contributed by atoms with Crippen LogP contribution in [-0.4, -0.2) is 49.8 Å². The first kappa shape index (κ1) is 16.3. The monoisotopic (exact) mass is 352 g/mol. The average molecular weight is 352 g/mol. The Bertz CT molecular complexity index is 755. The molecule has 3 fully saturated rings. The number of nitrogens with zero attached hydrogens (tertiary/aromatic N) is 6. The van der Waals surface area contributed by atoms with Crippen molar-refractivity contribution >= 4 is 5.82 Å². The number of alkyl halides is 3. The quantitative estimate of drug-likeness (QED) is 0.846. The molecule has 3 aliphatic heterocycles. The molecule has 6 nitrogen and oxygen atoms in total. The number of piperidine rings is 1. The molecular formula is C16H19F3N6. The molecule has 0 aliphatic carbocycles. The molecule has 134 valence electrons. The molecule has 0 aromatic carbocycles. The van der Waals surface area contributed by atoms with Gasteiger partial charge in [-0.2, -0.15) is 18.3 Å². The standard InChI is InChI=1S/C16H19F3N6/c1-10-3-11(22-23(10)2)6-25-12-4-13(25)8-24(7-12)15-5-14(16(17,18)19)20-9-21-15/h3,5,9,12-13H,4,6-8H2,1-2H3. The van der Waals surface area contributed by atoms with Gasteiger partial charge < -0.3 is 4.90 Å². The SMILES string of the molecule is Cc1cc(CN2C3CC2CN(c2cc(C(F)(F)F)ncn2)C3)nn1C. The van der Waals surface area contributed by atoms with E-state index in [4.69, 9.17) is 0 Å². The van der Waals surface area contributed by atoms with Crippen molar-refractivity contribution < 1.29 is 13.2 Å². The number of hydrogen-bond donors (Lipinski definition) is 0. The summed E-state index contributed by atoms with van der Waals surface area (Å²) in [4.78, 5) is 11.7. The maximum atomic E-state index is 12.8. The van der Waals surface area contributed by atoms with Crippen molar-refractivity contribution in [1.82, 2.24) is 24.6 Å². The predicted octanol–water partition coefficient (Wildman–Crippen LogP) is 2.00. The van der Waals surface area contributed by atoms with Crippen molar-refractivity contribution in [2.45, 2.75) is 38.1 Å². The van der Waals surface area contributed by atoms with Gasteiger partial charge in [-0.1, -0.05) is 0 Å². The minimum atomic E-state index is -4.45. The van der Waals surface area contributed by atoms with Crippen molar-refractivity contribution in [3.63, 3.8) is 0 Å². The van der Waals surface area contributed by atoms with Gasteiger partial charge >= 0.3 is 6.18 Å². The second-order valence-corrected chi connectivity index (χ2v) is 6.78. The zero-order chi connectivity index (χ0) is 17.8. The van der Waals surface area contributed by atoms with E-state index in [0.717, 1.165) is 36.7 Å². The summed E-state index contributed by atoms with van der Waals surface area (Å²) in [7, 11) is 1.92. The number of anilines is 1. The maximum Gasteiger partial charge on any atom is 0.433 e. The third kappa shape index (κ3) is 2.97. The molecule has 5 heterocycles. The van der Waals surface area contributed by atoms with Gasteiger partial charge in [-0.15, -0.1) is 0 Å². The van der Waals surface area contributed by atoms with Crippen molar-refractivity contribution in [2.24, 2.45) is 7.05 Å². The number of aromatic nitrogens is 4. The van der Waals surface area contributed by atoms with Crippen LogP contribution in [0.25, 0.3) is 0 Å². The molecule has 0 radical (unpaired) electrons. The van der Waals surface area contributed by atoms with Gasteiger partial charge in [0.1, 0.15) is 17.8 Å². The minimum Gasteiger partial charge on any atom is -0.353 e. The van der Waals surface area contributed by atoms with Crippen molar-refractivity contribution in [3.8, 4) is 0 Å². The van der Waals surface area contributed by atoms with E-state index < -0.39 is 11.9 Å². The Hall–Kier alpha value is -2.16. The Morgan fingerprint density at radius 3 is 2.48 bits per heavy atom. The molecule has 2 atom stereocenters. The number of hydrogen-bond acceptors (Lipinski definition) is 5. The normalized spacial score (nSPS) is 23.6. The van der Waals surface area contributed by atoms with Crippen LogP contribution in [0.5, 0.6) is 0 Å². The van der Waals surface area contributed by atoms with E-state index in [2.05, 4.69) is 26.0 Å². The van der Waals surface area contributed by atoms with Gasteiger partial charge in [-0.3, -0.25) is 9.58 Å². The summed E-state index contributed by atoms with van der Waals surface area (Å²) in [5, 5.41) is 4.49. The molecule has 2 bridgehead atoms. The molecule has 2 aromatic rings. The molecule has 25 heavy (non-hydrogen) atoms. The van der Waals surface area contributed by atoms with Gasteiger partial charge in [0.05, 0.1) is 5.69 Å². The molecule has 5 rings (SSSR count). The third-order valence-electron chi connectivity index (χ3n) is 5.12. The fourth-order valence-corrected chi connectivity index (χ4v) is 3.71. The highest BCUT2D eigenvalue weighted by Gasteiger charge is 2.45. The summed E-state index contributed by atoms with van der Waals surface area (Å²) in [6.45, 7) is 4.15. The van der Waals surface area contributed by atoms with E-state index >= 15 is 0 Å². The van der Waals surface area contributed by atoms with Crippen LogP contribution < -0.4 is 4.90 Å². The van der Waals surface area contributed by atoms with Crippen LogP contribution in [0.15, 0.2) is 18.5 Å². The smallest absolute Gasteiger partial charge is 0.353 e. The maximum absolute atomic E-state index is 12.8. The van der Waals surface area contributed by atoms with Crippen LogP contribution in [0.2, 0.25) is 0 Å². The molecule has 2 aromatic heterocycles. The van der Waals surface area contributed by atoms with Crippen molar-refractivity contribution in [2.75, 3.05) is 18.0 Å². The Kier molecular flexibility index (Phi) is 3.71. The first-order chi connectivity index (χ1) is 11.8. The second-order valence-electron chi connectivity index (χ2n) is 6.78. The fraction of sp³-hybridized carbons (Fsp3) is 0.562. The van der Waals surface area contributed by atoms with Crippen molar-refractivity contribution in [3.05, 3.63) is 35.5 Å². The topological polar surface area (TPSA) is 50.1 Å². The van der Waals surface area contributed by atoms with Crippen LogP contribution in [0.3, 0.4) is 0 Å². The van der Waals surface area contributed by atoms with Gasteiger partial charge in [-0.25, -0.2) is 9.97 Å². The van der Waals surface area contributed by atoms with Gasteiger partial charge in [0, 0.05) is 50.5 Å². The minimum absolute atomic E-state index is 0.324.